The molecular formula is C20H27N5O2. The molecule has 1 N–H and O–H groups in total. The lowest BCUT2D eigenvalue weighted by atomic mass is 10.0. The predicted octanol–water partition coefficient (Wildman–Crippen LogP) is 2.08. The van der Waals surface area contributed by atoms with Gasteiger partial charge in [0.25, 0.3) is 0 Å². The van der Waals surface area contributed by atoms with Gasteiger partial charge in [-0.25, -0.2) is 0 Å². The van der Waals surface area contributed by atoms with Crippen LogP contribution >= 0.6 is 0 Å². The van der Waals surface area contributed by atoms with E-state index in [2.05, 4.69) is 20.1 Å². The minimum absolute atomic E-state index is 0.178. The molecule has 0 saturated carbocycles. The molecule has 1 atom stereocenters. The largest absolute Gasteiger partial charge is 0.497 e. The number of ether oxygens (including phenoxy) is 1. The molecule has 2 aliphatic rings. The smallest absolute Gasteiger partial charge is 0.223 e. The van der Waals surface area contributed by atoms with E-state index < -0.39 is 0 Å². The zero-order valence-electron chi connectivity index (χ0n) is 15.9. The average Bonchev–Trinajstić information content (AvgIpc) is 3.16. The molecule has 0 spiro atoms. The summed E-state index contributed by atoms with van der Waals surface area (Å²) < 4.78 is 7.38. The van der Waals surface area contributed by atoms with E-state index in [-0.39, 0.29) is 5.91 Å². The Hall–Kier alpha value is -2.41. The number of fused-ring (bicyclic) bond motifs is 1. The second-order valence-electron chi connectivity index (χ2n) is 7.29. The zero-order chi connectivity index (χ0) is 18.6. The van der Waals surface area contributed by atoms with Crippen molar-refractivity contribution in [3.05, 3.63) is 41.5 Å². The second kappa shape index (κ2) is 8.08. The van der Waals surface area contributed by atoms with Crippen LogP contribution in [0.15, 0.2) is 24.3 Å². The first-order valence-corrected chi connectivity index (χ1v) is 9.80. The van der Waals surface area contributed by atoms with Crippen LogP contribution in [-0.4, -0.2) is 45.8 Å². The van der Waals surface area contributed by atoms with E-state index >= 15 is 0 Å². The summed E-state index contributed by atoms with van der Waals surface area (Å²) in [5.41, 5.74) is 1.15. The number of hydrogen-bond donors (Lipinski definition) is 1. The van der Waals surface area contributed by atoms with Crippen molar-refractivity contribution in [1.29, 1.82) is 0 Å². The van der Waals surface area contributed by atoms with Gasteiger partial charge in [0.2, 0.25) is 5.91 Å². The predicted molar refractivity (Wildman–Crippen MR) is 101 cm³/mol. The molecule has 1 aromatic heterocycles. The summed E-state index contributed by atoms with van der Waals surface area (Å²) in [7, 11) is 1.66. The normalized spacial score (nSPS) is 19.6. The van der Waals surface area contributed by atoms with Crippen molar-refractivity contribution in [2.24, 2.45) is 0 Å². The highest BCUT2D eigenvalue weighted by Crippen LogP contribution is 2.24. The van der Waals surface area contributed by atoms with Gasteiger partial charge < -0.3 is 19.5 Å². The number of aryl methyl sites for hydroxylation is 1. The quantitative estimate of drug-likeness (QED) is 0.874. The van der Waals surface area contributed by atoms with Gasteiger partial charge in [0.15, 0.2) is 5.82 Å². The number of amides is 1. The summed E-state index contributed by atoms with van der Waals surface area (Å²) in [6, 6.07) is 8.20. The van der Waals surface area contributed by atoms with Gasteiger partial charge in [-0.05, 0) is 43.5 Å². The highest BCUT2D eigenvalue weighted by Gasteiger charge is 2.28. The minimum Gasteiger partial charge on any atom is -0.497 e. The van der Waals surface area contributed by atoms with Crippen LogP contribution in [-0.2, 0) is 24.3 Å². The summed E-state index contributed by atoms with van der Waals surface area (Å²) in [6.45, 7) is 3.11. The molecule has 0 unspecified atom stereocenters. The van der Waals surface area contributed by atoms with Crippen LogP contribution in [0, 0.1) is 0 Å². The number of nitrogens with zero attached hydrogens (tertiary/aromatic N) is 4. The number of benzene rings is 1. The van der Waals surface area contributed by atoms with Gasteiger partial charge in [-0.3, -0.25) is 4.79 Å². The number of carbonyl (C=O) groups is 1. The highest BCUT2D eigenvalue weighted by molar-refractivity contribution is 5.76. The molecule has 27 heavy (non-hydrogen) atoms. The number of aromatic nitrogens is 3. The van der Waals surface area contributed by atoms with Crippen molar-refractivity contribution in [3.63, 3.8) is 0 Å². The molecule has 1 amide bonds. The Balaban J connectivity index is 1.34. The fourth-order valence-corrected chi connectivity index (χ4v) is 3.92. The van der Waals surface area contributed by atoms with Gasteiger partial charge in [0.05, 0.1) is 19.7 Å². The molecule has 7 nitrogen and oxygen atoms in total. The fourth-order valence-electron chi connectivity index (χ4n) is 3.92. The molecule has 0 radical (unpaired) electrons. The molecular weight excluding hydrogens is 342 g/mol. The third-order valence-electron chi connectivity index (χ3n) is 5.54. The summed E-state index contributed by atoms with van der Waals surface area (Å²) in [4.78, 5) is 14.6. The van der Waals surface area contributed by atoms with Crippen LogP contribution in [0.2, 0.25) is 0 Å². The highest BCUT2D eigenvalue weighted by atomic mass is 16.5. The monoisotopic (exact) mass is 369 g/mol. The molecule has 1 fully saturated rings. The molecule has 0 bridgehead atoms. The Morgan fingerprint density at radius 3 is 2.81 bits per heavy atom. The molecule has 144 valence electrons. The topological polar surface area (TPSA) is 72.3 Å². The number of piperidine rings is 1. The van der Waals surface area contributed by atoms with Crippen LogP contribution in [0.4, 0.5) is 0 Å². The molecule has 1 saturated heterocycles. The van der Waals surface area contributed by atoms with Gasteiger partial charge in [-0.1, -0.05) is 18.6 Å². The van der Waals surface area contributed by atoms with E-state index in [0.29, 0.717) is 19.0 Å². The Morgan fingerprint density at radius 1 is 1.22 bits per heavy atom. The number of rotatable bonds is 5. The number of carbonyl (C=O) groups excluding carboxylic acids is 1. The first kappa shape index (κ1) is 18.0. The van der Waals surface area contributed by atoms with Crippen LogP contribution in [0.5, 0.6) is 5.75 Å². The van der Waals surface area contributed by atoms with Gasteiger partial charge in [0, 0.05) is 19.5 Å². The van der Waals surface area contributed by atoms with E-state index in [4.69, 9.17) is 4.74 Å². The van der Waals surface area contributed by atoms with Crippen molar-refractivity contribution < 1.29 is 9.53 Å². The van der Waals surface area contributed by atoms with Gasteiger partial charge in [0.1, 0.15) is 11.6 Å². The molecule has 2 aromatic rings. The molecule has 0 aliphatic carbocycles. The van der Waals surface area contributed by atoms with Gasteiger partial charge in [-0.15, -0.1) is 10.2 Å². The first-order valence-electron chi connectivity index (χ1n) is 9.80. The van der Waals surface area contributed by atoms with Crippen LogP contribution in [0.25, 0.3) is 0 Å². The third kappa shape index (κ3) is 3.98. The van der Waals surface area contributed by atoms with E-state index in [9.17, 15) is 4.79 Å². The molecule has 1 aromatic carbocycles. The lowest BCUT2D eigenvalue weighted by Gasteiger charge is -2.30. The Bertz CT molecular complexity index is 780. The summed E-state index contributed by atoms with van der Waals surface area (Å²) in [6.07, 6.45) is 4.83. The van der Waals surface area contributed by atoms with Gasteiger partial charge in [-0.2, -0.15) is 0 Å². The SMILES string of the molecule is COc1ccc(CCC(=O)N2CCn3c(nnc3[C@@H]3CCCCN3)C2)cc1. The fraction of sp³-hybridized carbons (Fsp3) is 0.550. The molecule has 3 heterocycles. The maximum atomic E-state index is 12.6. The summed E-state index contributed by atoms with van der Waals surface area (Å²) in [5, 5.41) is 12.3. The maximum absolute atomic E-state index is 12.6. The maximum Gasteiger partial charge on any atom is 0.223 e. The first-order chi connectivity index (χ1) is 13.2. The van der Waals surface area contributed by atoms with E-state index in [1.807, 2.05) is 29.2 Å². The number of nitrogens with one attached hydrogen (secondary N) is 1. The van der Waals surface area contributed by atoms with Crippen molar-refractivity contribution in [1.82, 2.24) is 25.0 Å². The molecule has 4 rings (SSSR count). The molecule has 2 aliphatic heterocycles. The van der Waals surface area contributed by atoms with Crippen molar-refractivity contribution >= 4 is 5.91 Å². The Kier molecular flexibility index (Phi) is 5.38. The zero-order valence-corrected chi connectivity index (χ0v) is 15.9. The standard InChI is InChI=1S/C20H27N5O2/c1-27-16-8-5-15(6-9-16)7-10-19(26)24-12-13-25-18(14-24)22-23-20(25)17-4-2-3-11-21-17/h5-6,8-9,17,21H,2-4,7,10-14H2,1H3/t17-/m0/s1. The lowest BCUT2D eigenvalue weighted by molar-refractivity contribution is -0.132. The summed E-state index contributed by atoms with van der Waals surface area (Å²) in [5.74, 6) is 2.96. The van der Waals surface area contributed by atoms with Gasteiger partial charge >= 0.3 is 0 Å². The third-order valence-corrected chi connectivity index (χ3v) is 5.54. The van der Waals surface area contributed by atoms with Crippen molar-refractivity contribution in [2.45, 2.75) is 51.2 Å². The van der Waals surface area contributed by atoms with Crippen LogP contribution in [0.1, 0.15) is 48.9 Å². The lowest BCUT2D eigenvalue weighted by Crippen LogP contribution is -2.39. The number of methoxy groups -OCH3 is 1. The van der Waals surface area contributed by atoms with Crippen molar-refractivity contribution in [2.75, 3.05) is 20.2 Å². The van der Waals surface area contributed by atoms with Crippen LogP contribution in [0.3, 0.4) is 0 Å². The average molecular weight is 369 g/mol. The summed E-state index contributed by atoms with van der Waals surface area (Å²) >= 11 is 0. The number of hydrogen-bond acceptors (Lipinski definition) is 5. The van der Waals surface area contributed by atoms with E-state index in [0.717, 1.165) is 55.4 Å². The minimum atomic E-state index is 0.178. The molecule has 7 heteroatoms. The Labute approximate surface area is 159 Å². The van der Waals surface area contributed by atoms with Crippen molar-refractivity contribution in [3.8, 4) is 5.75 Å². The van der Waals surface area contributed by atoms with E-state index in [1.165, 1.54) is 12.8 Å². The van der Waals surface area contributed by atoms with E-state index in [1.54, 1.807) is 7.11 Å². The Morgan fingerprint density at radius 2 is 2.07 bits per heavy atom. The van der Waals surface area contributed by atoms with Crippen LogP contribution < -0.4 is 10.1 Å². The second-order valence-corrected chi connectivity index (χ2v) is 7.29.